The maximum Gasteiger partial charge on any atom is 0.125 e. The summed E-state index contributed by atoms with van der Waals surface area (Å²) in [6.45, 7) is 3.99. The van der Waals surface area contributed by atoms with Crippen LogP contribution in [0, 0.1) is 0 Å². The molecule has 0 unspecified atom stereocenters. The maximum atomic E-state index is 6.27. The van der Waals surface area contributed by atoms with E-state index in [9.17, 15) is 0 Å². The minimum atomic E-state index is 0. The van der Waals surface area contributed by atoms with Gasteiger partial charge < -0.3 is 21.3 Å². The lowest BCUT2D eigenvalue weighted by Gasteiger charge is -2.37. The van der Waals surface area contributed by atoms with E-state index in [1.54, 1.807) is 0 Å². The Morgan fingerprint density at radius 3 is 1.20 bits per heavy atom. The summed E-state index contributed by atoms with van der Waals surface area (Å²) in [6.07, 6.45) is 9.80. The quantitative estimate of drug-likeness (QED) is 0.449. The summed E-state index contributed by atoms with van der Waals surface area (Å²) in [5.41, 5.74) is 17.1. The van der Waals surface area contributed by atoms with E-state index in [2.05, 4.69) is 58.3 Å². The van der Waals surface area contributed by atoms with Crippen LogP contribution in [0.3, 0.4) is 0 Å². The first kappa shape index (κ1) is 25.4. The summed E-state index contributed by atoms with van der Waals surface area (Å²) in [5.74, 6) is 1.36. The Balaban J connectivity index is 0.00000289. The highest BCUT2D eigenvalue weighted by Crippen LogP contribution is 2.24. The second-order valence-corrected chi connectivity index (χ2v) is 9.97. The lowest BCUT2D eigenvalue weighted by molar-refractivity contribution is 0.653. The summed E-state index contributed by atoms with van der Waals surface area (Å²) >= 11 is 0. The highest BCUT2D eigenvalue weighted by molar-refractivity contribution is 5.98. The molecule has 2 saturated carbocycles. The molecule has 1 aliphatic heterocycles. The van der Waals surface area contributed by atoms with Crippen LogP contribution in [-0.2, 0) is 0 Å². The average molecular weight is 495 g/mol. The monoisotopic (exact) mass is 494 g/mol. The number of hydrogen-bond donors (Lipinski definition) is 2. The largest absolute Gasteiger partial charge is 0.383 e. The molecule has 7 heteroatoms. The topological polar surface area (TPSA) is 83.2 Å². The van der Waals surface area contributed by atoms with Crippen LogP contribution in [0.4, 0.5) is 11.4 Å². The van der Waals surface area contributed by atoms with Gasteiger partial charge in [0.15, 0.2) is 0 Å². The minimum Gasteiger partial charge on any atom is -0.383 e. The van der Waals surface area contributed by atoms with Gasteiger partial charge in [-0.2, -0.15) is 0 Å². The number of hydrogen-bond acceptors (Lipinski definition) is 4. The van der Waals surface area contributed by atoms with Crippen molar-refractivity contribution in [2.45, 2.75) is 63.5 Å². The van der Waals surface area contributed by atoms with Gasteiger partial charge >= 0.3 is 0 Å². The number of benzene rings is 2. The third-order valence-electron chi connectivity index (χ3n) is 7.63. The van der Waals surface area contributed by atoms with Crippen molar-refractivity contribution in [3.05, 3.63) is 59.7 Å². The second kappa shape index (κ2) is 11.8. The SMILES string of the molecule is Cl.NC(=NC1CCCC1)c1ccc(N2CCN(c3ccc(C(N)=NC4CCCC4)cc3)CC2)cc1. The highest BCUT2D eigenvalue weighted by atomic mass is 35.5. The van der Waals surface area contributed by atoms with Crippen molar-refractivity contribution in [3.8, 4) is 0 Å². The van der Waals surface area contributed by atoms with Gasteiger partial charge in [-0.15, -0.1) is 12.4 Å². The number of nitrogens with zero attached hydrogens (tertiary/aromatic N) is 4. The molecule has 3 aliphatic rings. The van der Waals surface area contributed by atoms with Gasteiger partial charge in [0.05, 0.1) is 12.1 Å². The van der Waals surface area contributed by atoms with E-state index in [1.807, 2.05) is 0 Å². The van der Waals surface area contributed by atoms with Crippen molar-refractivity contribution in [2.24, 2.45) is 21.5 Å². The van der Waals surface area contributed by atoms with Crippen LogP contribution in [0.5, 0.6) is 0 Å². The van der Waals surface area contributed by atoms with Crippen molar-refractivity contribution in [2.75, 3.05) is 36.0 Å². The molecule has 0 atom stereocenters. The van der Waals surface area contributed by atoms with E-state index in [1.165, 1.54) is 62.7 Å². The van der Waals surface area contributed by atoms with Gasteiger partial charge in [0.25, 0.3) is 0 Å². The molecule has 1 heterocycles. The molecular weight excluding hydrogens is 456 g/mol. The molecular formula is C28H39ClN6. The number of piperazine rings is 1. The van der Waals surface area contributed by atoms with E-state index < -0.39 is 0 Å². The molecule has 2 aromatic rings. The number of rotatable bonds is 6. The zero-order valence-corrected chi connectivity index (χ0v) is 21.4. The first-order chi connectivity index (χ1) is 16.7. The number of halogens is 1. The molecule has 4 N–H and O–H groups in total. The second-order valence-electron chi connectivity index (χ2n) is 9.97. The molecule has 1 saturated heterocycles. The molecule has 0 aromatic heterocycles. The third kappa shape index (κ3) is 6.29. The predicted molar refractivity (Wildman–Crippen MR) is 151 cm³/mol. The molecule has 0 bridgehead atoms. The molecule has 6 nitrogen and oxygen atoms in total. The van der Waals surface area contributed by atoms with E-state index in [0.717, 1.165) is 37.3 Å². The zero-order valence-electron chi connectivity index (χ0n) is 20.6. The molecule has 3 fully saturated rings. The van der Waals surface area contributed by atoms with Crippen LogP contribution in [0.25, 0.3) is 0 Å². The maximum absolute atomic E-state index is 6.27. The van der Waals surface area contributed by atoms with Crippen molar-refractivity contribution in [1.82, 2.24) is 0 Å². The molecule has 2 aliphatic carbocycles. The summed E-state index contributed by atoms with van der Waals surface area (Å²) in [5, 5.41) is 0. The standard InChI is InChI=1S/C28H38N6.ClH/c29-27(31-23-5-1-2-6-23)21-9-13-25(14-10-21)33-17-19-34(20-18-33)26-15-11-22(12-16-26)28(30)32-24-7-3-4-8-24;/h9-16,23-24H,1-8,17-20H2,(H2,29,31)(H2,30,32);1H. The normalized spacial score (nSPS) is 20.3. The first-order valence-electron chi connectivity index (χ1n) is 13.0. The molecule has 0 amide bonds. The Morgan fingerprint density at radius 1 is 0.571 bits per heavy atom. The fraction of sp³-hybridized carbons (Fsp3) is 0.500. The zero-order chi connectivity index (χ0) is 23.3. The fourth-order valence-electron chi connectivity index (χ4n) is 5.52. The minimum absolute atomic E-state index is 0. The molecule has 5 rings (SSSR count). The van der Waals surface area contributed by atoms with Crippen LogP contribution in [0.15, 0.2) is 58.5 Å². The van der Waals surface area contributed by atoms with Crippen molar-refractivity contribution in [3.63, 3.8) is 0 Å². The van der Waals surface area contributed by atoms with E-state index in [0.29, 0.717) is 23.8 Å². The number of aliphatic imine (C=N–C) groups is 2. The van der Waals surface area contributed by atoms with Gasteiger partial charge in [-0.25, -0.2) is 0 Å². The molecule has 2 aromatic carbocycles. The van der Waals surface area contributed by atoms with E-state index >= 15 is 0 Å². The first-order valence-corrected chi connectivity index (χ1v) is 13.0. The van der Waals surface area contributed by atoms with Crippen LogP contribution < -0.4 is 21.3 Å². The number of anilines is 2. The van der Waals surface area contributed by atoms with E-state index in [4.69, 9.17) is 21.5 Å². The molecule has 188 valence electrons. The van der Waals surface area contributed by atoms with Gasteiger partial charge in [-0.05, 0) is 74.2 Å². The number of nitrogens with two attached hydrogens (primary N) is 2. The van der Waals surface area contributed by atoms with Crippen LogP contribution in [0.1, 0.15) is 62.5 Å². The van der Waals surface area contributed by atoms with Gasteiger partial charge in [0.2, 0.25) is 0 Å². The Labute approximate surface area is 215 Å². The van der Waals surface area contributed by atoms with Crippen molar-refractivity contribution >= 4 is 35.5 Å². The van der Waals surface area contributed by atoms with Crippen LogP contribution in [0.2, 0.25) is 0 Å². The lowest BCUT2D eigenvalue weighted by Crippen LogP contribution is -2.46. The van der Waals surface area contributed by atoms with Crippen LogP contribution >= 0.6 is 12.4 Å². The smallest absolute Gasteiger partial charge is 0.125 e. The summed E-state index contributed by atoms with van der Waals surface area (Å²) in [7, 11) is 0. The lowest BCUT2D eigenvalue weighted by atomic mass is 10.1. The van der Waals surface area contributed by atoms with Crippen molar-refractivity contribution < 1.29 is 0 Å². The molecule has 0 radical (unpaired) electrons. The van der Waals surface area contributed by atoms with Crippen LogP contribution in [-0.4, -0.2) is 49.9 Å². The number of amidine groups is 2. The van der Waals surface area contributed by atoms with Gasteiger partial charge in [0, 0.05) is 48.7 Å². The Hall–Kier alpha value is -2.73. The third-order valence-corrected chi connectivity index (χ3v) is 7.63. The van der Waals surface area contributed by atoms with Crippen molar-refractivity contribution in [1.29, 1.82) is 0 Å². The van der Waals surface area contributed by atoms with Gasteiger partial charge in [0.1, 0.15) is 11.7 Å². The Bertz CT molecular complexity index is 913. The van der Waals surface area contributed by atoms with Gasteiger partial charge in [-0.1, -0.05) is 25.7 Å². The molecule has 35 heavy (non-hydrogen) atoms. The Kier molecular flexibility index (Phi) is 8.55. The summed E-state index contributed by atoms with van der Waals surface area (Å²) in [6, 6.07) is 18.0. The summed E-state index contributed by atoms with van der Waals surface area (Å²) in [4.78, 5) is 14.4. The van der Waals surface area contributed by atoms with E-state index in [-0.39, 0.29) is 12.4 Å². The van der Waals surface area contributed by atoms with Gasteiger partial charge in [-0.3, -0.25) is 9.98 Å². The predicted octanol–water partition coefficient (Wildman–Crippen LogP) is 4.73. The molecule has 0 spiro atoms. The summed E-state index contributed by atoms with van der Waals surface area (Å²) < 4.78 is 0. The highest BCUT2D eigenvalue weighted by Gasteiger charge is 2.19. The Morgan fingerprint density at radius 2 is 0.886 bits per heavy atom. The fourth-order valence-corrected chi connectivity index (χ4v) is 5.52. The average Bonchev–Trinajstić information content (AvgIpc) is 3.59.